The summed E-state index contributed by atoms with van der Waals surface area (Å²) >= 11 is 3.12. The number of aromatic nitrogens is 2. The SMILES string of the molecule is O=C(Nc1ccc(F)c(F)c1)c1[nH]ncc1Br. The zero-order valence-electron chi connectivity index (χ0n) is 8.30. The van der Waals surface area contributed by atoms with Crippen LogP contribution in [0.1, 0.15) is 10.5 Å². The standard InChI is InChI=1S/C10H6BrF2N3O/c11-6-4-14-16-9(6)10(17)15-5-1-2-7(12)8(13)3-5/h1-4H,(H,14,16)(H,15,17). The van der Waals surface area contributed by atoms with Crippen molar-refractivity contribution < 1.29 is 13.6 Å². The van der Waals surface area contributed by atoms with Crippen molar-refractivity contribution in [2.75, 3.05) is 5.32 Å². The summed E-state index contributed by atoms with van der Waals surface area (Å²) in [6.45, 7) is 0. The summed E-state index contributed by atoms with van der Waals surface area (Å²) in [6.07, 6.45) is 1.42. The molecule has 7 heteroatoms. The lowest BCUT2D eigenvalue weighted by atomic mass is 10.3. The summed E-state index contributed by atoms with van der Waals surface area (Å²) in [5.74, 6) is -2.49. The van der Waals surface area contributed by atoms with Gasteiger partial charge in [0.05, 0.1) is 10.7 Å². The van der Waals surface area contributed by atoms with Crippen LogP contribution in [0, 0.1) is 11.6 Å². The zero-order chi connectivity index (χ0) is 12.4. The van der Waals surface area contributed by atoms with Gasteiger partial charge < -0.3 is 5.32 Å². The Bertz CT molecular complexity index is 570. The summed E-state index contributed by atoms with van der Waals surface area (Å²) in [4.78, 5) is 11.7. The van der Waals surface area contributed by atoms with Crippen molar-refractivity contribution in [3.8, 4) is 0 Å². The summed E-state index contributed by atoms with van der Waals surface area (Å²) in [5, 5.41) is 8.53. The topological polar surface area (TPSA) is 57.8 Å². The second-order valence-electron chi connectivity index (χ2n) is 3.18. The average Bonchev–Trinajstić information content (AvgIpc) is 2.70. The van der Waals surface area contributed by atoms with Gasteiger partial charge in [-0.3, -0.25) is 9.89 Å². The van der Waals surface area contributed by atoms with Gasteiger partial charge in [0.15, 0.2) is 11.6 Å². The number of amides is 1. The monoisotopic (exact) mass is 301 g/mol. The lowest BCUT2D eigenvalue weighted by Gasteiger charge is -2.04. The Balaban J connectivity index is 2.19. The molecule has 0 saturated heterocycles. The number of aromatic amines is 1. The van der Waals surface area contributed by atoms with Gasteiger partial charge >= 0.3 is 0 Å². The minimum atomic E-state index is -1.02. The summed E-state index contributed by atoms with van der Waals surface area (Å²) in [6, 6.07) is 3.10. The molecule has 0 radical (unpaired) electrons. The van der Waals surface area contributed by atoms with E-state index in [1.807, 2.05) is 0 Å². The molecule has 2 aromatic rings. The van der Waals surface area contributed by atoms with Crippen molar-refractivity contribution in [2.24, 2.45) is 0 Å². The normalized spacial score (nSPS) is 10.3. The Labute approximate surface area is 103 Å². The van der Waals surface area contributed by atoms with E-state index in [4.69, 9.17) is 0 Å². The maximum Gasteiger partial charge on any atom is 0.274 e. The van der Waals surface area contributed by atoms with E-state index >= 15 is 0 Å². The van der Waals surface area contributed by atoms with E-state index in [0.29, 0.717) is 4.47 Å². The number of hydrogen-bond donors (Lipinski definition) is 2. The van der Waals surface area contributed by atoms with E-state index in [1.54, 1.807) is 0 Å². The number of rotatable bonds is 2. The molecule has 0 fully saturated rings. The van der Waals surface area contributed by atoms with Gasteiger partial charge in [-0.25, -0.2) is 8.78 Å². The molecule has 1 aromatic carbocycles. The number of hydrogen-bond acceptors (Lipinski definition) is 2. The van der Waals surface area contributed by atoms with Gasteiger partial charge in [0.1, 0.15) is 5.69 Å². The predicted molar refractivity (Wildman–Crippen MR) is 60.6 cm³/mol. The lowest BCUT2D eigenvalue weighted by molar-refractivity contribution is 0.102. The van der Waals surface area contributed by atoms with Crippen LogP contribution in [0.15, 0.2) is 28.9 Å². The second-order valence-corrected chi connectivity index (χ2v) is 4.03. The molecule has 88 valence electrons. The maximum absolute atomic E-state index is 12.9. The van der Waals surface area contributed by atoms with E-state index in [1.165, 1.54) is 12.3 Å². The van der Waals surface area contributed by atoms with E-state index in [9.17, 15) is 13.6 Å². The molecule has 2 N–H and O–H groups in total. The first-order chi connectivity index (χ1) is 8.08. The molecule has 4 nitrogen and oxygen atoms in total. The molecule has 0 saturated carbocycles. The van der Waals surface area contributed by atoms with E-state index < -0.39 is 17.5 Å². The highest BCUT2D eigenvalue weighted by Crippen LogP contribution is 2.17. The highest BCUT2D eigenvalue weighted by atomic mass is 79.9. The zero-order valence-corrected chi connectivity index (χ0v) is 9.88. The molecule has 0 spiro atoms. The summed E-state index contributed by atoms with van der Waals surface area (Å²) < 4.78 is 26.0. The highest BCUT2D eigenvalue weighted by molar-refractivity contribution is 9.10. The number of carbonyl (C=O) groups is 1. The number of nitrogens with one attached hydrogen (secondary N) is 2. The largest absolute Gasteiger partial charge is 0.321 e. The van der Waals surface area contributed by atoms with E-state index in [2.05, 4.69) is 31.4 Å². The lowest BCUT2D eigenvalue weighted by Crippen LogP contribution is -2.13. The van der Waals surface area contributed by atoms with Crippen molar-refractivity contribution in [3.63, 3.8) is 0 Å². The number of H-pyrrole nitrogens is 1. The third-order valence-corrected chi connectivity index (χ3v) is 2.60. The van der Waals surface area contributed by atoms with Crippen molar-refractivity contribution >= 4 is 27.5 Å². The van der Waals surface area contributed by atoms with Gasteiger partial charge in [0.25, 0.3) is 5.91 Å². The molecule has 1 aromatic heterocycles. The summed E-state index contributed by atoms with van der Waals surface area (Å²) in [7, 11) is 0. The molecule has 1 heterocycles. The van der Waals surface area contributed by atoms with Crippen molar-refractivity contribution in [2.45, 2.75) is 0 Å². The Morgan fingerprint density at radius 3 is 2.71 bits per heavy atom. The van der Waals surface area contributed by atoms with Crippen LogP contribution in [0.2, 0.25) is 0 Å². The first-order valence-corrected chi connectivity index (χ1v) is 5.32. The molecule has 0 aliphatic rings. The Morgan fingerprint density at radius 1 is 1.35 bits per heavy atom. The molecule has 17 heavy (non-hydrogen) atoms. The fourth-order valence-electron chi connectivity index (χ4n) is 1.20. The van der Waals surface area contributed by atoms with Gasteiger partial charge in [-0.15, -0.1) is 0 Å². The molecule has 0 unspecified atom stereocenters. The number of anilines is 1. The minimum Gasteiger partial charge on any atom is -0.321 e. The van der Waals surface area contributed by atoms with Gasteiger partial charge in [-0.1, -0.05) is 0 Å². The number of halogens is 3. The minimum absolute atomic E-state index is 0.162. The van der Waals surface area contributed by atoms with Crippen LogP contribution in [0.4, 0.5) is 14.5 Å². The number of carbonyl (C=O) groups excluding carboxylic acids is 1. The Hall–Kier alpha value is -1.76. The van der Waals surface area contributed by atoms with Crippen LogP contribution in [0.5, 0.6) is 0 Å². The van der Waals surface area contributed by atoms with Gasteiger partial charge in [0.2, 0.25) is 0 Å². The first-order valence-electron chi connectivity index (χ1n) is 4.53. The molecule has 0 aliphatic carbocycles. The predicted octanol–water partition coefficient (Wildman–Crippen LogP) is 2.70. The molecular weight excluding hydrogens is 296 g/mol. The van der Waals surface area contributed by atoms with Crippen LogP contribution >= 0.6 is 15.9 Å². The third-order valence-electron chi connectivity index (χ3n) is 2.00. The average molecular weight is 302 g/mol. The van der Waals surface area contributed by atoms with E-state index in [-0.39, 0.29) is 11.4 Å². The molecule has 0 atom stereocenters. The smallest absolute Gasteiger partial charge is 0.274 e. The van der Waals surface area contributed by atoms with Crippen molar-refractivity contribution in [1.29, 1.82) is 0 Å². The quantitative estimate of drug-likeness (QED) is 0.896. The van der Waals surface area contributed by atoms with Crippen molar-refractivity contribution in [3.05, 3.63) is 46.2 Å². The van der Waals surface area contributed by atoms with Crippen LogP contribution < -0.4 is 5.32 Å². The molecular formula is C10H6BrF2N3O. The van der Waals surface area contributed by atoms with Crippen LogP contribution in [0.3, 0.4) is 0 Å². The van der Waals surface area contributed by atoms with Gasteiger partial charge in [-0.2, -0.15) is 5.10 Å². The summed E-state index contributed by atoms with van der Waals surface area (Å²) in [5.41, 5.74) is 0.366. The molecule has 0 aliphatic heterocycles. The maximum atomic E-state index is 12.9. The van der Waals surface area contributed by atoms with E-state index in [0.717, 1.165) is 12.1 Å². The van der Waals surface area contributed by atoms with Crippen LogP contribution in [-0.2, 0) is 0 Å². The number of nitrogens with zero attached hydrogens (tertiary/aromatic N) is 1. The van der Waals surface area contributed by atoms with Crippen molar-refractivity contribution in [1.82, 2.24) is 10.2 Å². The van der Waals surface area contributed by atoms with Gasteiger partial charge in [0, 0.05) is 11.8 Å². The van der Waals surface area contributed by atoms with Crippen LogP contribution in [-0.4, -0.2) is 16.1 Å². The Morgan fingerprint density at radius 2 is 2.12 bits per heavy atom. The second kappa shape index (κ2) is 4.62. The Kier molecular flexibility index (Phi) is 3.19. The molecule has 0 bridgehead atoms. The van der Waals surface area contributed by atoms with Crippen LogP contribution in [0.25, 0.3) is 0 Å². The van der Waals surface area contributed by atoms with Gasteiger partial charge in [-0.05, 0) is 28.1 Å². The number of benzene rings is 1. The molecule has 2 rings (SSSR count). The first kappa shape index (κ1) is 11.7. The molecule has 1 amide bonds. The third kappa shape index (κ3) is 2.50. The fraction of sp³-hybridized carbons (Fsp3) is 0. The highest BCUT2D eigenvalue weighted by Gasteiger charge is 2.13. The fourth-order valence-corrected chi connectivity index (χ4v) is 1.57.